The number of benzene rings is 2. The van der Waals surface area contributed by atoms with Gasteiger partial charge in [0.15, 0.2) is 0 Å². The van der Waals surface area contributed by atoms with Crippen LogP contribution in [0.25, 0.3) is 0 Å². The minimum atomic E-state index is -0.406. The third-order valence-corrected chi connectivity index (χ3v) is 7.23. The molecule has 2 saturated heterocycles. The Hall–Kier alpha value is -2.82. The Labute approximate surface area is 184 Å². The van der Waals surface area contributed by atoms with Gasteiger partial charge < -0.3 is 15.1 Å². The molecule has 31 heavy (non-hydrogen) atoms. The SMILES string of the molecule is O=C(Nc1cccc(N2CCCC2)c1)C1CC2CCCCC2N1C(=O)c1ccccc1. The molecule has 3 fully saturated rings. The second-order valence-corrected chi connectivity index (χ2v) is 9.18. The Morgan fingerprint density at radius 1 is 0.871 bits per heavy atom. The van der Waals surface area contributed by atoms with Crippen molar-refractivity contribution in [3.63, 3.8) is 0 Å². The number of nitrogens with zero attached hydrogens (tertiary/aromatic N) is 2. The molecule has 5 rings (SSSR count). The van der Waals surface area contributed by atoms with E-state index in [1.165, 1.54) is 19.3 Å². The third-order valence-electron chi connectivity index (χ3n) is 7.23. The van der Waals surface area contributed by atoms with Crippen LogP contribution in [0.1, 0.15) is 55.3 Å². The largest absolute Gasteiger partial charge is 0.371 e. The fraction of sp³-hybridized carbons (Fsp3) is 0.462. The normalized spacial score (nSPS) is 25.4. The number of hydrogen-bond donors (Lipinski definition) is 1. The quantitative estimate of drug-likeness (QED) is 0.785. The van der Waals surface area contributed by atoms with Crippen molar-refractivity contribution >= 4 is 23.2 Å². The number of rotatable bonds is 4. The molecule has 2 aromatic rings. The summed E-state index contributed by atoms with van der Waals surface area (Å²) in [6.07, 6.45) is 7.64. The summed E-state index contributed by atoms with van der Waals surface area (Å²) in [4.78, 5) is 31.1. The molecule has 1 saturated carbocycles. The van der Waals surface area contributed by atoms with Crippen molar-refractivity contribution in [3.05, 3.63) is 60.2 Å². The van der Waals surface area contributed by atoms with Crippen molar-refractivity contribution in [2.24, 2.45) is 5.92 Å². The molecule has 3 aliphatic rings. The van der Waals surface area contributed by atoms with Crippen LogP contribution in [0.3, 0.4) is 0 Å². The molecule has 3 unspecified atom stereocenters. The Kier molecular flexibility index (Phi) is 5.66. The number of hydrogen-bond acceptors (Lipinski definition) is 3. The lowest BCUT2D eigenvalue weighted by molar-refractivity contribution is -0.120. The minimum Gasteiger partial charge on any atom is -0.371 e. The van der Waals surface area contributed by atoms with Crippen LogP contribution in [0.2, 0.25) is 0 Å². The van der Waals surface area contributed by atoms with Crippen molar-refractivity contribution in [2.75, 3.05) is 23.3 Å². The van der Waals surface area contributed by atoms with Gasteiger partial charge in [0.1, 0.15) is 6.04 Å². The summed E-state index contributed by atoms with van der Waals surface area (Å²) in [6.45, 7) is 2.14. The van der Waals surface area contributed by atoms with Gasteiger partial charge in [0.25, 0.3) is 5.91 Å². The molecule has 162 valence electrons. The van der Waals surface area contributed by atoms with Gasteiger partial charge in [-0.15, -0.1) is 0 Å². The van der Waals surface area contributed by atoms with E-state index in [2.05, 4.69) is 22.3 Å². The number of likely N-dealkylation sites (tertiary alicyclic amines) is 1. The average molecular weight is 418 g/mol. The molecule has 5 heteroatoms. The van der Waals surface area contributed by atoms with Crippen LogP contribution in [0.5, 0.6) is 0 Å². The Morgan fingerprint density at radius 2 is 1.65 bits per heavy atom. The van der Waals surface area contributed by atoms with Crippen LogP contribution in [-0.2, 0) is 4.79 Å². The summed E-state index contributed by atoms with van der Waals surface area (Å²) < 4.78 is 0. The van der Waals surface area contributed by atoms with Crippen LogP contribution in [0, 0.1) is 5.92 Å². The molecular weight excluding hydrogens is 386 g/mol. The first kappa shape index (κ1) is 20.1. The summed E-state index contributed by atoms with van der Waals surface area (Å²) in [5.41, 5.74) is 2.64. The lowest BCUT2D eigenvalue weighted by Gasteiger charge is -2.33. The first-order valence-electron chi connectivity index (χ1n) is 11.7. The molecule has 0 bridgehead atoms. The summed E-state index contributed by atoms with van der Waals surface area (Å²) >= 11 is 0. The molecule has 5 nitrogen and oxygen atoms in total. The first-order valence-corrected chi connectivity index (χ1v) is 11.7. The number of fused-ring (bicyclic) bond motifs is 1. The van der Waals surface area contributed by atoms with Crippen LogP contribution < -0.4 is 10.2 Å². The van der Waals surface area contributed by atoms with Crippen molar-refractivity contribution in [1.82, 2.24) is 4.90 Å². The van der Waals surface area contributed by atoms with Crippen LogP contribution in [-0.4, -0.2) is 41.9 Å². The zero-order valence-electron chi connectivity index (χ0n) is 18.0. The molecule has 1 N–H and O–H groups in total. The molecular formula is C26H31N3O2. The van der Waals surface area contributed by atoms with E-state index in [4.69, 9.17) is 0 Å². The lowest BCUT2D eigenvalue weighted by atomic mass is 9.84. The molecule has 1 aliphatic carbocycles. The van der Waals surface area contributed by atoms with E-state index >= 15 is 0 Å². The van der Waals surface area contributed by atoms with E-state index in [0.29, 0.717) is 11.5 Å². The minimum absolute atomic E-state index is 0.0130. The predicted molar refractivity (Wildman–Crippen MR) is 123 cm³/mol. The number of amides is 2. The van der Waals surface area contributed by atoms with Gasteiger partial charge in [-0.3, -0.25) is 9.59 Å². The Bertz CT molecular complexity index is 939. The summed E-state index contributed by atoms with van der Waals surface area (Å²) in [5, 5.41) is 3.13. The van der Waals surface area contributed by atoms with Gasteiger partial charge in [0.2, 0.25) is 5.91 Å². The molecule has 0 radical (unpaired) electrons. The second kappa shape index (κ2) is 8.74. The monoisotopic (exact) mass is 417 g/mol. The fourth-order valence-corrected chi connectivity index (χ4v) is 5.70. The van der Waals surface area contributed by atoms with E-state index < -0.39 is 6.04 Å². The topological polar surface area (TPSA) is 52.7 Å². The van der Waals surface area contributed by atoms with Gasteiger partial charge in [0.05, 0.1) is 0 Å². The lowest BCUT2D eigenvalue weighted by Crippen LogP contribution is -2.47. The smallest absolute Gasteiger partial charge is 0.254 e. The number of carbonyl (C=O) groups is 2. The predicted octanol–water partition coefficient (Wildman–Crippen LogP) is 4.70. The van der Waals surface area contributed by atoms with Gasteiger partial charge in [-0.25, -0.2) is 0 Å². The summed E-state index contributed by atoms with van der Waals surface area (Å²) in [7, 11) is 0. The highest BCUT2D eigenvalue weighted by molar-refractivity contribution is 6.02. The molecule has 3 atom stereocenters. The first-order chi connectivity index (χ1) is 15.2. The maximum Gasteiger partial charge on any atom is 0.254 e. The molecule has 0 spiro atoms. The molecule has 2 heterocycles. The van der Waals surface area contributed by atoms with Gasteiger partial charge in [-0.05, 0) is 68.4 Å². The number of nitrogens with one attached hydrogen (secondary N) is 1. The summed E-state index contributed by atoms with van der Waals surface area (Å²) in [5.74, 6) is 0.353. The molecule has 0 aromatic heterocycles. The van der Waals surface area contributed by atoms with Gasteiger partial charge in [-0.2, -0.15) is 0 Å². The van der Waals surface area contributed by atoms with E-state index in [0.717, 1.165) is 50.1 Å². The highest BCUT2D eigenvalue weighted by Gasteiger charge is 2.47. The van der Waals surface area contributed by atoms with Crippen LogP contribution in [0.4, 0.5) is 11.4 Å². The molecule has 2 amide bonds. The van der Waals surface area contributed by atoms with Crippen molar-refractivity contribution in [1.29, 1.82) is 0 Å². The third kappa shape index (κ3) is 4.06. The maximum absolute atomic E-state index is 13.4. The average Bonchev–Trinajstić information content (AvgIpc) is 3.48. The highest BCUT2D eigenvalue weighted by Crippen LogP contribution is 2.41. The summed E-state index contributed by atoms with van der Waals surface area (Å²) in [6, 6.07) is 17.3. The highest BCUT2D eigenvalue weighted by atomic mass is 16.2. The second-order valence-electron chi connectivity index (χ2n) is 9.18. The van der Waals surface area contributed by atoms with Gasteiger partial charge in [-0.1, -0.05) is 37.1 Å². The Morgan fingerprint density at radius 3 is 2.45 bits per heavy atom. The standard InChI is InChI=1S/C26H31N3O2/c30-25(27-21-12-8-13-22(18-21)28-15-6-7-16-28)24-17-20-11-4-5-14-23(20)29(24)26(31)19-9-2-1-3-10-19/h1-3,8-10,12-13,18,20,23-24H,4-7,11,14-17H2,(H,27,30). The van der Waals surface area contributed by atoms with Crippen LogP contribution in [0.15, 0.2) is 54.6 Å². The number of carbonyl (C=O) groups excluding carboxylic acids is 2. The van der Waals surface area contributed by atoms with E-state index in [-0.39, 0.29) is 17.9 Å². The van der Waals surface area contributed by atoms with Crippen molar-refractivity contribution in [2.45, 2.75) is 57.0 Å². The van der Waals surface area contributed by atoms with Gasteiger partial charge >= 0.3 is 0 Å². The number of anilines is 2. The molecule has 2 aliphatic heterocycles. The van der Waals surface area contributed by atoms with E-state index in [1.807, 2.05) is 47.4 Å². The maximum atomic E-state index is 13.4. The van der Waals surface area contributed by atoms with Gasteiger partial charge in [0, 0.05) is 36.1 Å². The van der Waals surface area contributed by atoms with Crippen molar-refractivity contribution < 1.29 is 9.59 Å². The fourth-order valence-electron chi connectivity index (χ4n) is 5.70. The van der Waals surface area contributed by atoms with Crippen LogP contribution >= 0.6 is 0 Å². The van der Waals surface area contributed by atoms with Crippen molar-refractivity contribution in [3.8, 4) is 0 Å². The van der Waals surface area contributed by atoms with E-state index in [1.54, 1.807) is 0 Å². The zero-order valence-corrected chi connectivity index (χ0v) is 18.0. The molecule has 2 aromatic carbocycles. The van der Waals surface area contributed by atoms with E-state index in [9.17, 15) is 9.59 Å². The zero-order chi connectivity index (χ0) is 21.2. The Balaban J connectivity index is 1.37.